The van der Waals surface area contributed by atoms with Crippen molar-refractivity contribution in [3.05, 3.63) is 16.5 Å². The van der Waals surface area contributed by atoms with E-state index in [1.807, 2.05) is 13.8 Å². The maximum absolute atomic E-state index is 6.07. The van der Waals surface area contributed by atoms with Gasteiger partial charge >= 0.3 is 0 Å². The summed E-state index contributed by atoms with van der Waals surface area (Å²) in [6, 6.07) is 0. The molecule has 2 heterocycles. The van der Waals surface area contributed by atoms with Crippen LogP contribution in [0, 0.1) is 19.8 Å². The zero-order chi connectivity index (χ0) is 12.4. The minimum absolute atomic E-state index is 0.472. The van der Waals surface area contributed by atoms with E-state index >= 15 is 0 Å². The smallest absolute Gasteiger partial charge is 0.171 e. The molecule has 0 amide bonds. The standard InChI is InChI=1S/C12H19ClN4/c1-8-9(2)16-12(11(13)15-8)14-6-10-4-5-17(3)7-10/h10H,4-7H2,1-3H3,(H,14,16). The summed E-state index contributed by atoms with van der Waals surface area (Å²) in [5.74, 6) is 1.39. The molecule has 1 saturated heterocycles. The van der Waals surface area contributed by atoms with Crippen molar-refractivity contribution in [3.63, 3.8) is 0 Å². The summed E-state index contributed by atoms with van der Waals surface area (Å²) in [5.41, 5.74) is 1.82. The molecule has 5 heteroatoms. The molecule has 1 aromatic rings. The third kappa shape index (κ3) is 3.07. The molecule has 1 aliphatic heterocycles. The number of rotatable bonds is 3. The highest BCUT2D eigenvalue weighted by Crippen LogP contribution is 2.20. The molecule has 0 saturated carbocycles. The summed E-state index contributed by atoms with van der Waals surface area (Å²) in [4.78, 5) is 11.0. The lowest BCUT2D eigenvalue weighted by atomic mass is 10.1. The van der Waals surface area contributed by atoms with Gasteiger partial charge in [-0.15, -0.1) is 0 Å². The molecule has 1 atom stereocenters. The zero-order valence-corrected chi connectivity index (χ0v) is 11.4. The van der Waals surface area contributed by atoms with Crippen LogP contribution in [0.2, 0.25) is 5.15 Å². The zero-order valence-electron chi connectivity index (χ0n) is 10.6. The quantitative estimate of drug-likeness (QED) is 0.897. The van der Waals surface area contributed by atoms with Crippen LogP contribution in [0.15, 0.2) is 0 Å². The van der Waals surface area contributed by atoms with E-state index in [4.69, 9.17) is 11.6 Å². The minimum atomic E-state index is 0.472. The average molecular weight is 255 g/mol. The maximum atomic E-state index is 6.07. The minimum Gasteiger partial charge on any atom is -0.367 e. The average Bonchev–Trinajstić information content (AvgIpc) is 2.68. The molecule has 1 aromatic heterocycles. The third-order valence-corrected chi connectivity index (χ3v) is 3.58. The first-order valence-electron chi connectivity index (χ1n) is 5.99. The van der Waals surface area contributed by atoms with Crippen LogP contribution in [0.25, 0.3) is 0 Å². The Morgan fingerprint density at radius 2 is 2.06 bits per heavy atom. The fourth-order valence-electron chi connectivity index (χ4n) is 2.12. The Hall–Kier alpha value is -0.870. The largest absolute Gasteiger partial charge is 0.367 e. The summed E-state index contributed by atoms with van der Waals surface area (Å²) in [7, 11) is 2.16. The van der Waals surface area contributed by atoms with E-state index in [-0.39, 0.29) is 0 Å². The monoisotopic (exact) mass is 254 g/mol. The molecule has 0 aromatic carbocycles. The van der Waals surface area contributed by atoms with Crippen LogP contribution in [0.3, 0.4) is 0 Å². The van der Waals surface area contributed by atoms with Crippen molar-refractivity contribution < 1.29 is 0 Å². The van der Waals surface area contributed by atoms with E-state index in [0.717, 1.165) is 24.5 Å². The van der Waals surface area contributed by atoms with Crippen molar-refractivity contribution in [2.45, 2.75) is 20.3 Å². The van der Waals surface area contributed by atoms with E-state index in [1.165, 1.54) is 13.0 Å². The van der Waals surface area contributed by atoms with Crippen molar-refractivity contribution in [2.75, 3.05) is 32.0 Å². The summed E-state index contributed by atoms with van der Waals surface area (Å²) in [6.45, 7) is 7.11. The highest BCUT2D eigenvalue weighted by Gasteiger charge is 2.19. The number of likely N-dealkylation sites (tertiary alicyclic amines) is 1. The van der Waals surface area contributed by atoms with Crippen molar-refractivity contribution >= 4 is 17.4 Å². The molecule has 2 rings (SSSR count). The summed E-state index contributed by atoms with van der Waals surface area (Å²) in [6.07, 6.45) is 1.24. The SMILES string of the molecule is Cc1nc(Cl)c(NCC2CCN(C)C2)nc1C. The Morgan fingerprint density at radius 3 is 2.71 bits per heavy atom. The topological polar surface area (TPSA) is 41.1 Å². The second-order valence-corrected chi connectivity index (χ2v) is 5.19. The fraction of sp³-hybridized carbons (Fsp3) is 0.667. The lowest BCUT2D eigenvalue weighted by Gasteiger charge is -2.13. The van der Waals surface area contributed by atoms with Gasteiger partial charge in [0.1, 0.15) is 0 Å². The van der Waals surface area contributed by atoms with Crippen molar-refractivity contribution in [3.8, 4) is 0 Å². The van der Waals surface area contributed by atoms with Crippen LogP contribution in [0.1, 0.15) is 17.8 Å². The van der Waals surface area contributed by atoms with Gasteiger partial charge in [0.05, 0.1) is 11.4 Å². The maximum Gasteiger partial charge on any atom is 0.171 e. The van der Waals surface area contributed by atoms with Gasteiger partial charge in [0.15, 0.2) is 11.0 Å². The normalized spacial score (nSPS) is 20.8. The molecule has 4 nitrogen and oxygen atoms in total. The predicted octanol–water partition coefficient (Wildman–Crippen LogP) is 2.11. The van der Waals surface area contributed by atoms with Crippen molar-refractivity contribution in [2.24, 2.45) is 5.92 Å². The Balaban J connectivity index is 1.97. The van der Waals surface area contributed by atoms with Gasteiger partial charge in [-0.3, -0.25) is 0 Å². The first-order valence-corrected chi connectivity index (χ1v) is 6.37. The molecular weight excluding hydrogens is 236 g/mol. The number of aromatic nitrogens is 2. The van der Waals surface area contributed by atoms with Gasteiger partial charge in [-0.2, -0.15) is 0 Å². The van der Waals surface area contributed by atoms with Gasteiger partial charge < -0.3 is 10.2 Å². The molecular formula is C12H19ClN4. The van der Waals surface area contributed by atoms with E-state index in [9.17, 15) is 0 Å². The lowest BCUT2D eigenvalue weighted by Crippen LogP contribution is -2.20. The lowest BCUT2D eigenvalue weighted by molar-refractivity contribution is 0.399. The van der Waals surface area contributed by atoms with Crippen LogP contribution >= 0.6 is 11.6 Å². The molecule has 94 valence electrons. The Kier molecular flexibility index (Phi) is 3.84. The number of aryl methyl sites for hydroxylation is 2. The highest BCUT2D eigenvalue weighted by molar-refractivity contribution is 6.31. The molecule has 1 N–H and O–H groups in total. The molecule has 0 aliphatic carbocycles. The van der Waals surface area contributed by atoms with Crippen LogP contribution in [0.5, 0.6) is 0 Å². The number of hydrogen-bond acceptors (Lipinski definition) is 4. The number of anilines is 1. The van der Waals surface area contributed by atoms with Crippen LogP contribution in [0.4, 0.5) is 5.82 Å². The highest BCUT2D eigenvalue weighted by atomic mass is 35.5. The molecule has 0 bridgehead atoms. The summed E-state index contributed by atoms with van der Waals surface area (Å²) in [5, 5.41) is 3.78. The molecule has 0 radical (unpaired) electrons. The predicted molar refractivity (Wildman–Crippen MR) is 70.6 cm³/mol. The number of halogens is 1. The number of nitrogens with zero attached hydrogens (tertiary/aromatic N) is 3. The van der Waals surface area contributed by atoms with E-state index < -0.39 is 0 Å². The van der Waals surface area contributed by atoms with Gasteiger partial charge in [0, 0.05) is 13.1 Å². The van der Waals surface area contributed by atoms with Crippen LogP contribution in [-0.4, -0.2) is 41.5 Å². The molecule has 17 heavy (non-hydrogen) atoms. The van der Waals surface area contributed by atoms with Gasteiger partial charge in [-0.25, -0.2) is 9.97 Å². The van der Waals surface area contributed by atoms with Crippen LogP contribution in [-0.2, 0) is 0 Å². The second-order valence-electron chi connectivity index (χ2n) is 4.83. The number of hydrogen-bond donors (Lipinski definition) is 1. The van der Waals surface area contributed by atoms with Gasteiger partial charge in [0.2, 0.25) is 0 Å². The van der Waals surface area contributed by atoms with E-state index in [0.29, 0.717) is 16.9 Å². The third-order valence-electron chi connectivity index (χ3n) is 3.31. The fourth-order valence-corrected chi connectivity index (χ4v) is 2.36. The Morgan fingerprint density at radius 1 is 1.35 bits per heavy atom. The van der Waals surface area contributed by atoms with Crippen molar-refractivity contribution in [1.29, 1.82) is 0 Å². The molecule has 1 fully saturated rings. The van der Waals surface area contributed by atoms with E-state index in [1.54, 1.807) is 0 Å². The first-order chi connectivity index (χ1) is 8.06. The molecule has 0 spiro atoms. The Bertz CT molecular complexity index is 408. The molecule has 1 unspecified atom stereocenters. The van der Waals surface area contributed by atoms with Crippen molar-refractivity contribution in [1.82, 2.24) is 14.9 Å². The van der Waals surface area contributed by atoms with Gasteiger partial charge in [0.25, 0.3) is 0 Å². The molecule has 1 aliphatic rings. The van der Waals surface area contributed by atoms with Gasteiger partial charge in [-0.1, -0.05) is 11.6 Å². The Labute approximate surface area is 107 Å². The van der Waals surface area contributed by atoms with Crippen LogP contribution < -0.4 is 5.32 Å². The van der Waals surface area contributed by atoms with E-state index in [2.05, 4.69) is 27.2 Å². The summed E-state index contributed by atoms with van der Waals surface area (Å²) < 4.78 is 0. The van der Waals surface area contributed by atoms with Gasteiger partial charge in [-0.05, 0) is 39.8 Å². The number of nitrogens with one attached hydrogen (secondary N) is 1. The second kappa shape index (κ2) is 5.19. The summed E-state index contributed by atoms with van der Waals surface area (Å²) >= 11 is 6.07. The first kappa shape index (κ1) is 12.6.